The maximum Gasteiger partial charge on any atom is 0.271 e. The summed E-state index contributed by atoms with van der Waals surface area (Å²) >= 11 is 0. The van der Waals surface area contributed by atoms with Crippen molar-refractivity contribution in [3.63, 3.8) is 0 Å². The zero-order valence-corrected chi connectivity index (χ0v) is 11.2. The first-order valence-electron chi connectivity index (χ1n) is 6.63. The molecule has 1 aromatic rings. The molecule has 100 valence electrons. The molecule has 0 unspecified atom stereocenters. The standard InChI is InChI=1S/C13H22N4O/c1-3-5-6-10-14-12-8-7-11(16-17-12)13(18)15-9-4-2/h7-8H,3-6,9-10H2,1-2H3,(H,14,17)(H,15,18). The van der Waals surface area contributed by atoms with Crippen LogP contribution in [0.25, 0.3) is 0 Å². The predicted molar refractivity (Wildman–Crippen MR) is 72.7 cm³/mol. The highest BCUT2D eigenvalue weighted by Crippen LogP contribution is 2.03. The highest BCUT2D eigenvalue weighted by Gasteiger charge is 2.06. The fourth-order valence-corrected chi connectivity index (χ4v) is 1.47. The first kappa shape index (κ1) is 14.4. The van der Waals surface area contributed by atoms with E-state index in [2.05, 4.69) is 27.8 Å². The number of nitrogens with one attached hydrogen (secondary N) is 2. The molecule has 0 aliphatic heterocycles. The van der Waals surface area contributed by atoms with Crippen LogP contribution in [-0.2, 0) is 0 Å². The molecule has 0 fully saturated rings. The molecule has 5 heteroatoms. The summed E-state index contributed by atoms with van der Waals surface area (Å²) in [5.41, 5.74) is 0.363. The Hall–Kier alpha value is -1.65. The molecule has 1 rings (SSSR count). The van der Waals surface area contributed by atoms with Crippen molar-refractivity contribution in [1.29, 1.82) is 0 Å². The molecule has 1 heterocycles. The second kappa shape index (κ2) is 8.44. The highest BCUT2D eigenvalue weighted by molar-refractivity contribution is 5.92. The largest absolute Gasteiger partial charge is 0.369 e. The van der Waals surface area contributed by atoms with Crippen molar-refractivity contribution in [2.45, 2.75) is 39.5 Å². The molecule has 0 spiro atoms. The second-order valence-corrected chi connectivity index (χ2v) is 4.19. The van der Waals surface area contributed by atoms with Crippen LogP contribution < -0.4 is 10.6 Å². The van der Waals surface area contributed by atoms with Gasteiger partial charge in [0.2, 0.25) is 0 Å². The highest BCUT2D eigenvalue weighted by atomic mass is 16.1. The van der Waals surface area contributed by atoms with Crippen LogP contribution in [0.2, 0.25) is 0 Å². The van der Waals surface area contributed by atoms with Crippen LogP contribution in [-0.4, -0.2) is 29.2 Å². The van der Waals surface area contributed by atoms with Crippen molar-refractivity contribution in [3.8, 4) is 0 Å². The van der Waals surface area contributed by atoms with Gasteiger partial charge in [0.15, 0.2) is 5.69 Å². The van der Waals surface area contributed by atoms with Gasteiger partial charge in [-0.25, -0.2) is 0 Å². The smallest absolute Gasteiger partial charge is 0.271 e. The number of rotatable bonds is 8. The molecule has 1 aromatic heterocycles. The Bertz CT molecular complexity index is 351. The first-order valence-corrected chi connectivity index (χ1v) is 6.63. The number of carbonyl (C=O) groups is 1. The molecule has 0 bridgehead atoms. The number of carbonyl (C=O) groups excluding carboxylic acids is 1. The van der Waals surface area contributed by atoms with Crippen LogP contribution >= 0.6 is 0 Å². The third-order valence-corrected chi connectivity index (χ3v) is 2.52. The minimum Gasteiger partial charge on any atom is -0.369 e. The van der Waals surface area contributed by atoms with E-state index < -0.39 is 0 Å². The molecule has 5 nitrogen and oxygen atoms in total. The zero-order valence-electron chi connectivity index (χ0n) is 11.2. The Morgan fingerprint density at radius 1 is 1.11 bits per heavy atom. The fraction of sp³-hybridized carbons (Fsp3) is 0.615. The van der Waals surface area contributed by atoms with E-state index in [0.717, 1.165) is 25.2 Å². The number of amides is 1. The number of hydrogen-bond donors (Lipinski definition) is 2. The van der Waals surface area contributed by atoms with Gasteiger partial charge in [-0.15, -0.1) is 10.2 Å². The molecular weight excluding hydrogens is 228 g/mol. The van der Waals surface area contributed by atoms with Gasteiger partial charge in [0.05, 0.1) is 0 Å². The van der Waals surface area contributed by atoms with Gasteiger partial charge in [0, 0.05) is 13.1 Å². The number of hydrogen-bond acceptors (Lipinski definition) is 4. The fourth-order valence-electron chi connectivity index (χ4n) is 1.47. The van der Waals surface area contributed by atoms with E-state index >= 15 is 0 Å². The van der Waals surface area contributed by atoms with Crippen molar-refractivity contribution in [3.05, 3.63) is 17.8 Å². The van der Waals surface area contributed by atoms with Crippen LogP contribution in [0.5, 0.6) is 0 Å². The average molecular weight is 250 g/mol. The van der Waals surface area contributed by atoms with Gasteiger partial charge < -0.3 is 10.6 Å². The molecule has 0 saturated heterocycles. The van der Waals surface area contributed by atoms with E-state index in [0.29, 0.717) is 12.2 Å². The Morgan fingerprint density at radius 2 is 1.94 bits per heavy atom. The molecule has 0 aliphatic rings. The van der Waals surface area contributed by atoms with Crippen molar-refractivity contribution in [2.75, 3.05) is 18.4 Å². The lowest BCUT2D eigenvalue weighted by Crippen LogP contribution is -2.25. The monoisotopic (exact) mass is 250 g/mol. The van der Waals surface area contributed by atoms with Crippen molar-refractivity contribution in [1.82, 2.24) is 15.5 Å². The molecule has 1 amide bonds. The lowest BCUT2D eigenvalue weighted by Gasteiger charge is -2.05. The summed E-state index contributed by atoms with van der Waals surface area (Å²) in [6, 6.07) is 3.49. The Balaban J connectivity index is 2.39. The van der Waals surface area contributed by atoms with Gasteiger partial charge >= 0.3 is 0 Å². The van der Waals surface area contributed by atoms with Gasteiger partial charge in [-0.1, -0.05) is 26.7 Å². The van der Waals surface area contributed by atoms with Crippen molar-refractivity contribution >= 4 is 11.7 Å². The number of aromatic nitrogens is 2. The molecule has 0 saturated carbocycles. The van der Waals surface area contributed by atoms with E-state index in [-0.39, 0.29) is 5.91 Å². The zero-order chi connectivity index (χ0) is 13.2. The molecule has 0 atom stereocenters. The first-order chi connectivity index (χ1) is 8.77. The summed E-state index contributed by atoms with van der Waals surface area (Å²) in [6.07, 6.45) is 4.44. The van der Waals surface area contributed by atoms with E-state index in [4.69, 9.17) is 0 Å². The molecule has 0 aromatic carbocycles. The van der Waals surface area contributed by atoms with E-state index in [9.17, 15) is 4.79 Å². The van der Waals surface area contributed by atoms with Crippen LogP contribution in [0.3, 0.4) is 0 Å². The summed E-state index contributed by atoms with van der Waals surface area (Å²) in [7, 11) is 0. The molecule has 0 radical (unpaired) electrons. The Kier molecular flexibility index (Phi) is 6.76. The summed E-state index contributed by atoms with van der Waals surface area (Å²) in [5, 5.41) is 13.8. The van der Waals surface area contributed by atoms with E-state index in [1.165, 1.54) is 12.8 Å². The number of anilines is 1. The second-order valence-electron chi connectivity index (χ2n) is 4.19. The van der Waals surface area contributed by atoms with Crippen LogP contribution in [0.1, 0.15) is 50.0 Å². The molecule has 0 aliphatic carbocycles. The Morgan fingerprint density at radius 3 is 2.56 bits per heavy atom. The third-order valence-electron chi connectivity index (χ3n) is 2.52. The molecule has 18 heavy (non-hydrogen) atoms. The molecule has 2 N–H and O–H groups in total. The van der Waals surface area contributed by atoms with Crippen LogP contribution in [0.15, 0.2) is 12.1 Å². The van der Waals surface area contributed by atoms with Gasteiger partial charge in [0.25, 0.3) is 5.91 Å². The molecular formula is C13H22N4O. The number of unbranched alkanes of at least 4 members (excludes halogenated alkanes) is 2. The lowest BCUT2D eigenvalue weighted by molar-refractivity contribution is 0.0947. The van der Waals surface area contributed by atoms with Crippen LogP contribution in [0, 0.1) is 0 Å². The van der Waals surface area contributed by atoms with Gasteiger partial charge in [-0.2, -0.15) is 0 Å². The normalized spacial score (nSPS) is 10.1. The SMILES string of the molecule is CCCCCNc1ccc(C(=O)NCCC)nn1. The average Bonchev–Trinajstić information content (AvgIpc) is 2.41. The Labute approximate surface area is 108 Å². The van der Waals surface area contributed by atoms with Crippen molar-refractivity contribution in [2.24, 2.45) is 0 Å². The minimum absolute atomic E-state index is 0.165. The summed E-state index contributed by atoms with van der Waals surface area (Å²) < 4.78 is 0. The minimum atomic E-state index is -0.165. The van der Waals surface area contributed by atoms with Gasteiger partial charge in [0.1, 0.15) is 5.82 Å². The number of nitrogens with zero attached hydrogens (tertiary/aromatic N) is 2. The maximum atomic E-state index is 11.6. The summed E-state index contributed by atoms with van der Waals surface area (Å²) in [5.74, 6) is 0.556. The summed E-state index contributed by atoms with van der Waals surface area (Å²) in [6.45, 7) is 5.74. The van der Waals surface area contributed by atoms with Crippen LogP contribution in [0.4, 0.5) is 5.82 Å². The van der Waals surface area contributed by atoms with E-state index in [1.54, 1.807) is 12.1 Å². The van der Waals surface area contributed by atoms with Gasteiger partial charge in [-0.05, 0) is 25.0 Å². The van der Waals surface area contributed by atoms with Crippen molar-refractivity contribution < 1.29 is 4.79 Å². The quantitative estimate of drug-likeness (QED) is 0.694. The van der Waals surface area contributed by atoms with Gasteiger partial charge in [-0.3, -0.25) is 4.79 Å². The summed E-state index contributed by atoms with van der Waals surface area (Å²) in [4.78, 5) is 11.6. The maximum absolute atomic E-state index is 11.6. The topological polar surface area (TPSA) is 66.9 Å². The lowest BCUT2D eigenvalue weighted by atomic mass is 10.2. The van der Waals surface area contributed by atoms with E-state index in [1.807, 2.05) is 6.92 Å². The third kappa shape index (κ3) is 5.12. The predicted octanol–water partition coefficient (Wildman–Crippen LogP) is 2.22.